The predicted molar refractivity (Wildman–Crippen MR) is 111 cm³/mol. The van der Waals surface area contributed by atoms with Gasteiger partial charge in [0.25, 0.3) is 0 Å². The Kier molecular flexibility index (Phi) is 6.62. The minimum Gasteiger partial charge on any atom is -0.456 e. The first-order valence-electron chi connectivity index (χ1n) is 9.33. The van der Waals surface area contributed by atoms with Crippen LogP contribution in [0.2, 0.25) is 5.02 Å². The molecule has 7 nitrogen and oxygen atoms in total. The van der Waals surface area contributed by atoms with E-state index in [0.717, 1.165) is 15.4 Å². The molecular weight excluding hydrogens is 430 g/mol. The minimum absolute atomic E-state index is 0.0321. The quantitative estimate of drug-likeness (QED) is 0.535. The summed E-state index contributed by atoms with van der Waals surface area (Å²) < 4.78 is 32.2. The van der Waals surface area contributed by atoms with E-state index >= 15 is 0 Å². The number of rotatable bonds is 6. The van der Waals surface area contributed by atoms with Gasteiger partial charge in [-0.3, -0.25) is 9.59 Å². The maximum atomic E-state index is 13.1. The lowest BCUT2D eigenvalue weighted by Crippen LogP contribution is -2.42. The van der Waals surface area contributed by atoms with E-state index in [1.807, 2.05) is 6.92 Å². The van der Waals surface area contributed by atoms with Gasteiger partial charge in [-0.05, 0) is 49.2 Å². The standard InChI is InChI=1S/C21H22ClNO6S/c1-13-7-8-16(9-14(13)2)30(27,28)23-11-15(24)10-19(23)21(26)29-12-20(25)17-5-3-4-6-18(17)22/h3-9,15,19,24H,10-12H2,1-2H3/t15-,19+/m0/s1. The van der Waals surface area contributed by atoms with E-state index in [1.54, 1.807) is 31.2 Å². The molecule has 2 aromatic rings. The van der Waals surface area contributed by atoms with Crippen LogP contribution in [-0.2, 0) is 19.6 Å². The molecule has 0 saturated carbocycles. The van der Waals surface area contributed by atoms with E-state index in [-0.39, 0.29) is 28.4 Å². The molecule has 0 unspecified atom stereocenters. The molecule has 0 radical (unpaired) electrons. The van der Waals surface area contributed by atoms with Crippen LogP contribution in [0.3, 0.4) is 0 Å². The van der Waals surface area contributed by atoms with Crippen molar-refractivity contribution in [3.63, 3.8) is 0 Å². The predicted octanol–water partition coefficient (Wildman–Crippen LogP) is 2.51. The first-order valence-corrected chi connectivity index (χ1v) is 11.1. The number of hydrogen-bond donors (Lipinski definition) is 1. The lowest BCUT2D eigenvalue weighted by atomic mass is 10.1. The summed E-state index contributed by atoms with van der Waals surface area (Å²) in [7, 11) is -4.04. The van der Waals surface area contributed by atoms with Crippen molar-refractivity contribution in [1.29, 1.82) is 0 Å². The fourth-order valence-electron chi connectivity index (χ4n) is 3.27. The molecule has 9 heteroatoms. The van der Waals surface area contributed by atoms with Gasteiger partial charge in [0.1, 0.15) is 6.04 Å². The number of ketones is 1. The largest absolute Gasteiger partial charge is 0.456 e. The van der Waals surface area contributed by atoms with Gasteiger partial charge in [0, 0.05) is 18.5 Å². The van der Waals surface area contributed by atoms with E-state index in [0.29, 0.717) is 0 Å². The zero-order valence-corrected chi connectivity index (χ0v) is 18.1. The summed E-state index contributed by atoms with van der Waals surface area (Å²) in [4.78, 5) is 24.9. The molecule has 1 aliphatic rings. The lowest BCUT2D eigenvalue weighted by Gasteiger charge is -2.22. The third kappa shape index (κ3) is 4.57. The van der Waals surface area contributed by atoms with Gasteiger partial charge in [-0.2, -0.15) is 4.31 Å². The molecule has 30 heavy (non-hydrogen) atoms. The maximum Gasteiger partial charge on any atom is 0.325 e. The number of sulfonamides is 1. The zero-order valence-electron chi connectivity index (χ0n) is 16.5. The SMILES string of the molecule is Cc1ccc(S(=O)(=O)N2C[C@@H](O)C[C@@H]2C(=O)OCC(=O)c2ccccc2Cl)cc1C. The number of ether oxygens (including phenoxy) is 1. The number of Topliss-reactive ketones (excluding diaryl/α,β-unsaturated/α-hetero) is 1. The summed E-state index contributed by atoms with van der Waals surface area (Å²) in [6, 6.07) is 9.81. The summed E-state index contributed by atoms with van der Waals surface area (Å²) in [5.41, 5.74) is 1.93. The molecule has 1 heterocycles. The fourth-order valence-corrected chi connectivity index (χ4v) is 5.23. The monoisotopic (exact) mass is 451 g/mol. The van der Waals surface area contributed by atoms with Gasteiger partial charge in [0.05, 0.1) is 16.0 Å². The third-order valence-corrected chi connectivity index (χ3v) is 7.31. The number of esters is 1. The molecule has 3 rings (SSSR count). The highest BCUT2D eigenvalue weighted by molar-refractivity contribution is 7.89. The molecule has 0 aromatic heterocycles. The Labute approximate surface area is 180 Å². The van der Waals surface area contributed by atoms with Gasteiger partial charge in [0.15, 0.2) is 6.61 Å². The summed E-state index contributed by atoms with van der Waals surface area (Å²) in [6.07, 6.45) is -1.12. The van der Waals surface area contributed by atoms with Crippen molar-refractivity contribution in [2.45, 2.75) is 37.3 Å². The second kappa shape index (κ2) is 8.85. The molecule has 1 N–H and O–H groups in total. The highest BCUT2D eigenvalue weighted by Crippen LogP contribution is 2.28. The Balaban J connectivity index is 1.77. The molecule has 1 aliphatic heterocycles. The Hall–Kier alpha value is -2.26. The fraction of sp³-hybridized carbons (Fsp3) is 0.333. The zero-order chi connectivity index (χ0) is 22.1. The third-order valence-electron chi connectivity index (χ3n) is 5.11. The Morgan fingerprint density at radius 2 is 1.87 bits per heavy atom. The molecule has 1 saturated heterocycles. The van der Waals surface area contributed by atoms with Crippen molar-refractivity contribution in [2.24, 2.45) is 0 Å². The average molecular weight is 452 g/mol. The van der Waals surface area contributed by atoms with Crippen LogP contribution in [0.4, 0.5) is 0 Å². The number of aryl methyl sites for hydroxylation is 2. The average Bonchev–Trinajstić information content (AvgIpc) is 3.11. The first-order chi connectivity index (χ1) is 14.1. The Bertz CT molecular complexity index is 1080. The van der Waals surface area contributed by atoms with Gasteiger partial charge in [-0.25, -0.2) is 8.42 Å². The molecule has 0 bridgehead atoms. The number of benzene rings is 2. The molecule has 2 aromatic carbocycles. The van der Waals surface area contributed by atoms with Crippen LogP contribution in [0.25, 0.3) is 0 Å². The van der Waals surface area contributed by atoms with Gasteiger partial charge in [0.2, 0.25) is 15.8 Å². The van der Waals surface area contributed by atoms with Gasteiger partial charge < -0.3 is 9.84 Å². The van der Waals surface area contributed by atoms with Crippen molar-refractivity contribution in [3.8, 4) is 0 Å². The molecule has 1 fully saturated rings. The smallest absolute Gasteiger partial charge is 0.325 e. The van der Waals surface area contributed by atoms with Gasteiger partial charge in [-0.1, -0.05) is 29.8 Å². The van der Waals surface area contributed by atoms with E-state index in [4.69, 9.17) is 16.3 Å². The normalized spacial score (nSPS) is 19.6. The molecular formula is C21H22ClNO6S. The van der Waals surface area contributed by atoms with Crippen LogP contribution in [0.1, 0.15) is 27.9 Å². The topological polar surface area (TPSA) is 101 Å². The van der Waals surface area contributed by atoms with Crippen LogP contribution >= 0.6 is 11.6 Å². The van der Waals surface area contributed by atoms with Crippen molar-refractivity contribution in [1.82, 2.24) is 4.31 Å². The Morgan fingerprint density at radius 3 is 2.53 bits per heavy atom. The van der Waals surface area contributed by atoms with Gasteiger partial charge >= 0.3 is 5.97 Å². The van der Waals surface area contributed by atoms with Gasteiger partial charge in [-0.15, -0.1) is 0 Å². The number of halogens is 1. The van der Waals surface area contributed by atoms with Crippen LogP contribution in [0.5, 0.6) is 0 Å². The number of aliphatic hydroxyl groups excluding tert-OH is 1. The first kappa shape index (κ1) is 22.4. The molecule has 0 spiro atoms. The molecule has 160 valence electrons. The van der Waals surface area contributed by atoms with E-state index in [1.165, 1.54) is 18.2 Å². The van der Waals surface area contributed by atoms with Crippen molar-refractivity contribution < 1.29 is 27.9 Å². The second-order valence-electron chi connectivity index (χ2n) is 7.24. The molecule has 0 aliphatic carbocycles. The summed E-state index contributed by atoms with van der Waals surface area (Å²) >= 11 is 5.97. The number of carbonyl (C=O) groups excluding carboxylic acids is 2. The van der Waals surface area contributed by atoms with Crippen LogP contribution in [0.15, 0.2) is 47.4 Å². The van der Waals surface area contributed by atoms with E-state index < -0.39 is 40.5 Å². The van der Waals surface area contributed by atoms with Crippen LogP contribution in [-0.4, -0.2) is 54.9 Å². The van der Waals surface area contributed by atoms with E-state index in [9.17, 15) is 23.1 Å². The number of aliphatic hydroxyl groups is 1. The van der Waals surface area contributed by atoms with E-state index in [2.05, 4.69) is 0 Å². The van der Waals surface area contributed by atoms with Crippen LogP contribution < -0.4 is 0 Å². The lowest BCUT2D eigenvalue weighted by molar-refractivity contribution is -0.146. The molecule has 2 atom stereocenters. The summed E-state index contributed by atoms with van der Waals surface area (Å²) in [5.74, 6) is -1.39. The maximum absolute atomic E-state index is 13.1. The highest BCUT2D eigenvalue weighted by Gasteiger charge is 2.44. The van der Waals surface area contributed by atoms with Crippen molar-refractivity contribution >= 4 is 33.4 Å². The van der Waals surface area contributed by atoms with Crippen LogP contribution in [0, 0.1) is 13.8 Å². The number of carbonyl (C=O) groups is 2. The molecule has 0 amide bonds. The number of β-amino-alcohol motifs (C(OH)–C–C–N with tert-alkyl or cyclic N) is 1. The number of hydrogen-bond acceptors (Lipinski definition) is 6. The highest BCUT2D eigenvalue weighted by atomic mass is 35.5. The summed E-state index contributed by atoms with van der Waals surface area (Å²) in [5, 5.41) is 10.3. The minimum atomic E-state index is -4.04. The Morgan fingerprint density at radius 1 is 1.17 bits per heavy atom. The second-order valence-corrected chi connectivity index (χ2v) is 9.53. The number of nitrogens with zero attached hydrogens (tertiary/aromatic N) is 1. The van der Waals surface area contributed by atoms with Crippen molar-refractivity contribution in [2.75, 3.05) is 13.2 Å². The summed E-state index contributed by atoms with van der Waals surface area (Å²) in [6.45, 7) is 2.85. The van der Waals surface area contributed by atoms with Crippen molar-refractivity contribution in [3.05, 3.63) is 64.2 Å².